The number of halogens is 2. The third-order valence-corrected chi connectivity index (χ3v) is 24.4. The Morgan fingerprint density at radius 1 is 0.315 bits per heavy atom. The van der Waals surface area contributed by atoms with Crippen molar-refractivity contribution < 1.29 is 69.7 Å². The van der Waals surface area contributed by atoms with E-state index < -0.39 is 30.5 Å². The molecule has 23 rings (SSSR count). The van der Waals surface area contributed by atoms with Crippen LogP contribution in [0.5, 0.6) is 28.7 Å². The van der Waals surface area contributed by atoms with Crippen molar-refractivity contribution in [3.05, 3.63) is 380 Å². The molecule has 5 amide bonds. The van der Waals surface area contributed by atoms with Gasteiger partial charge in [0.15, 0.2) is 64.3 Å². The van der Waals surface area contributed by atoms with Crippen molar-refractivity contribution >= 4 is 191 Å². The normalized spacial score (nSPS) is 12.1. The largest absolute Gasteiger partial charge is 0.480 e. The maximum absolute atomic E-state index is 12.7. The van der Waals surface area contributed by atoms with Gasteiger partial charge in [0, 0.05) is 86.1 Å². The quantitative estimate of drug-likeness (QED) is 0.0327. The van der Waals surface area contributed by atoms with Crippen LogP contribution in [0.15, 0.2) is 386 Å². The Bertz CT molecular complexity index is 8210. The predicted molar refractivity (Wildman–Crippen MR) is 570 cm³/mol. The number of hydrogen-bond donors (Lipinski definition) is 6. The number of anilines is 5. The summed E-state index contributed by atoms with van der Waals surface area (Å²) >= 11 is 13.5. The lowest BCUT2D eigenvalue weighted by Crippen LogP contribution is -2.30. The van der Waals surface area contributed by atoms with Gasteiger partial charge < -0.3 is 77.3 Å². The van der Waals surface area contributed by atoms with E-state index in [1.165, 1.54) is 0 Å². The molecule has 6 N–H and O–H groups in total. The van der Waals surface area contributed by atoms with Gasteiger partial charge in [-0.3, -0.25) is 24.0 Å². The molecule has 0 aliphatic heterocycles. The molecular formula is C115H89Cl2N13O15S. The Morgan fingerprint density at radius 2 is 0.658 bits per heavy atom. The highest BCUT2D eigenvalue weighted by atomic mass is 35.5. The highest BCUT2D eigenvalue weighted by Gasteiger charge is 2.26. The number of rotatable bonds is 24. The molecule has 8 aromatic heterocycles. The van der Waals surface area contributed by atoms with Crippen molar-refractivity contribution in [2.24, 2.45) is 0 Å². The van der Waals surface area contributed by atoms with Crippen LogP contribution in [0, 0.1) is 6.92 Å². The van der Waals surface area contributed by atoms with E-state index in [4.69, 9.17) is 69.0 Å². The number of aromatic nitrogens is 8. The number of H-pyrrole nitrogens is 1. The number of thiophene rings is 1. The molecule has 23 aromatic rings. The number of carbonyl (C=O) groups excluding carboxylic acids is 5. The number of oxazole rings is 5. The summed E-state index contributed by atoms with van der Waals surface area (Å²) in [5.41, 5.74) is 11.4. The molecule has 5 unspecified atom stereocenters. The van der Waals surface area contributed by atoms with E-state index in [0.29, 0.717) is 158 Å². The van der Waals surface area contributed by atoms with E-state index in [2.05, 4.69) is 66.5 Å². The minimum atomic E-state index is -0.738. The fourth-order valence-corrected chi connectivity index (χ4v) is 16.7. The van der Waals surface area contributed by atoms with Crippen LogP contribution in [0.1, 0.15) is 40.5 Å². The van der Waals surface area contributed by atoms with Crippen molar-refractivity contribution in [3.63, 3.8) is 0 Å². The Hall–Kier alpha value is -18.3. The molecule has 0 radical (unpaired) electrons. The third kappa shape index (κ3) is 23.3. The fraction of sp³-hybridized carbons (Fsp3) is 0.0957. The maximum atomic E-state index is 12.7. The molecule has 31 heteroatoms. The first-order valence-electron chi connectivity index (χ1n) is 46.3. The van der Waals surface area contributed by atoms with Gasteiger partial charge in [-0.1, -0.05) is 193 Å². The molecule has 0 bridgehead atoms. The summed E-state index contributed by atoms with van der Waals surface area (Å²) in [4.78, 5) is 97.7. The zero-order chi connectivity index (χ0) is 101. The molecule has 0 aliphatic carbocycles. The Balaban J connectivity index is 0.000000115. The molecule has 0 spiro atoms. The Morgan fingerprint density at radius 3 is 1.05 bits per heavy atom. The topological polar surface area (TPSA) is 363 Å². The van der Waals surface area contributed by atoms with Gasteiger partial charge >= 0.3 is 0 Å². The first-order valence-corrected chi connectivity index (χ1v) is 48.0. The van der Waals surface area contributed by atoms with E-state index in [1.54, 1.807) is 174 Å². The van der Waals surface area contributed by atoms with E-state index in [1.807, 2.05) is 242 Å². The first-order chi connectivity index (χ1) is 71.1. The standard InChI is InChI=1S/C26H20N2O3.C24H18N4O3.C24H19N3O3.C24H18N2O3S.C17H14Cl2N2O3/c1-17(30-23-13-7-11-18-8-5-6-12-21(18)23)25(29)27-20-14-15-24-22(16-20)28-26(31-24)19-9-3-2-4-10-19;1-15(30-20-9-4-7-16-6-2-3-8-18(16)20)23(29)27-17-10-11-21-19(14-17)28-24(31-21)22-25-12-5-13-26-22;1-15(29-21-10-4-7-16-6-2-3-8-18(16)21)23(28)26-17-11-12-22-20(14-17)27-24(30-22)19-9-5-13-25-19;1-15(28-20-9-4-7-16-6-2-3-8-18(16)20)23(27)25-17-11-12-21-19(14-17)26-24(29-21)22-10-5-13-30-22;1-9(23-15-5-3-11(18)7-13(15)19)17(22)21-12-4-6-16-14(8-12)20-10(2)24-16/h2-17H,1H3,(H,27,29);2-15H,1H3,(H,27,29);2-15,25H,1H3,(H,26,28);2-15H,1H3,(H,25,27);3-9H,1-2H3,(H,21,22). The van der Waals surface area contributed by atoms with Gasteiger partial charge in [0.2, 0.25) is 23.5 Å². The second-order valence-corrected chi connectivity index (χ2v) is 35.2. The average molecular weight is 2000 g/mol. The van der Waals surface area contributed by atoms with Crippen LogP contribution < -0.4 is 50.3 Å². The van der Waals surface area contributed by atoms with Gasteiger partial charge in [0.05, 0.1) is 9.90 Å². The number of nitrogens with zero attached hydrogens (tertiary/aromatic N) is 7. The molecule has 724 valence electrons. The molecule has 146 heavy (non-hydrogen) atoms. The van der Waals surface area contributed by atoms with Crippen molar-refractivity contribution in [1.29, 1.82) is 0 Å². The highest BCUT2D eigenvalue weighted by molar-refractivity contribution is 7.13. The lowest BCUT2D eigenvalue weighted by atomic mass is 10.1. The van der Waals surface area contributed by atoms with Gasteiger partial charge in [-0.15, -0.1) is 11.3 Å². The summed E-state index contributed by atoms with van der Waals surface area (Å²) in [5, 5.41) is 25.3. The van der Waals surface area contributed by atoms with Crippen LogP contribution in [0.25, 0.3) is 144 Å². The highest BCUT2D eigenvalue weighted by Crippen LogP contribution is 2.37. The van der Waals surface area contributed by atoms with Crippen LogP contribution in [0.4, 0.5) is 28.4 Å². The Labute approximate surface area is 847 Å². The lowest BCUT2D eigenvalue weighted by molar-refractivity contribution is -0.122. The van der Waals surface area contributed by atoms with Crippen molar-refractivity contribution in [3.8, 4) is 74.3 Å². The second kappa shape index (κ2) is 44.2. The maximum Gasteiger partial charge on any atom is 0.266 e. The number of aryl methyl sites for hydroxylation is 1. The van der Waals surface area contributed by atoms with E-state index in [-0.39, 0.29) is 29.5 Å². The van der Waals surface area contributed by atoms with Gasteiger partial charge in [-0.2, -0.15) is 0 Å². The van der Waals surface area contributed by atoms with Crippen molar-refractivity contribution in [1.82, 2.24) is 39.9 Å². The summed E-state index contributed by atoms with van der Waals surface area (Å²) in [7, 11) is 0. The number of aromatic amines is 1. The SMILES string of the molecule is CC(Oc1cccc2ccccc12)C(=O)Nc1ccc2oc(-c3ccc[nH]3)nc2c1.CC(Oc1cccc2ccccc12)C(=O)Nc1ccc2oc(-c3ccccc3)nc2c1.CC(Oc1cccc2ccccc12)C(=O)Nc1ccc2oc(-c3cccs3)nc2c1.CC(Oc1cccc2ccccc12)C(=O)Nc1ccc2oc(-c3ncccn3)nc2c1.Cc1nc2cc(NC(=O)C(C)Oc3ccc(Cl)cc3Cl)ccc2o1. The lowest BCUT2D eigenvalue weighted by Gasteiger charge is -2.16. The fourth-order valence-electron chi connectivity index (χ4n) is 15.6. The summed E-state index contributed by atoms with van der Waals surface area (Å²) in [6.45, 7) is 10.3. The molecule has 5 atom stereocenters. The number of amides is 5. The minimum absolute atomic E-state index is 0.232. The predicted octanol–water partition coefficient (Wildman–Crippen LogP) is 27.2. The molecule has 0 saturated carbocycles. The Kier molecular flexibility index (Phi) is 29.3. The number of benzene rings is 15. The minimum Gasteiger partial charge on any atom is -0.480 e. The molecule has 0 saturated heterocycles. The smallest absolute Gasteiger partial charge is 0.266 e. The van der Waals surface area contributed by atoms with Gasteiger partial charge in [-0.25, -0.2) is 34.9 Å². The zero-order valence-corrected chi connectivity index (χ0v) is 81.3. The molecule has 8 heterocycles. The molecular weight excluding hydrogens is 1910 g/mol. The number of hydrogen-bond acceptors (Lipinski definition) is 23. The molecule has 0 fully saturated rings. The third-order valence-electron chi connectivity index (χ3n) is 23.0. The van der Waals surface area contributed by atoms with E-state index in [9.17, 15) is 24.0 Å². The van der Waals surface area contributed by atoms with Crippen LogP contribution in [-0.4, -0.2) is 99.9 Å². The number of fused-ring (bicyclic) bond motifs is 9. The average Bonchev–Trinajstić information content (AvgIpc) is 1.37. The zero-order valence-electron chi connectivity index (χ0n) is 78.9. The van der Waals surface area contributed by atoms with Gasteiger partial charge in [0.25, 0.3) is 35.4 Å². The van der Waals surface area contributed by atoms with E-state index >= 15 is 0 Å². The first kappa shape index (κ1) is 96.5. The number of ether oxygens (including phenoxy) is 5. The molecule has 15 aromatic carbocycles. The molecule has 28 nitrogen and oxygen atoms in total. The summed E-state index contributed by atoms with van der Waals surface area (Å²) < 4.78 is 57.9. The summed E-state index contributed by atoms with van der Waals surface area (Å²) in [6.07, 6.45) is 1.64. The van der Waals surface area contributed by atoms with Gasteiger partial charge in [-0.05, 0) is 231 Å². The van der Waals surface area contributed by atoms with Crippen LogP contribution in [-0.2, 0) is 24.0 Å². The second-order valence-electron chi connectivity index (χ2n) is 33.5. The van der Waals surface area contributed by atoms with Crippen LogP contribution >= 0.6 is 34.5 Å². The number of carbonyl (C=O) groups is 5. The van der Waals surface area contributed by atoms with Crippen molar-refractivity contribution in [2.45, 2.75) is 72.1 Å². The van der Waals surface area contributed by atoms with E-state index in [0.717, 1.165) is 59.2 Å². The summed E-state index contributed by atoms with van der Waals surface area (Å²) in [5.74, 6) is 4.76. The molecule has 0 aliphatic rings. The number of nitrogens with one attached hydrogen (secondary N) is 6. The monoisotopic (exact) mass is 1990 g/mol. The van der Waals surface area contributed by atoms with Crippen LogP contribution in [0.2, 0.25) is 10.0 Å². The van der Waals surface area contributed by atoms with Crippen LogP contribution in [0.3, 0.4) is 0 Å². The van der Waals surface area contributed by atoms with Gasteiger partial charge in [0.1, 0.15) is 62.0 Å². The van der Waals surface area contributed by atoms with Crippen molar-refractivity contribution in [2.75, 3.05) is 26.6 Å². The summed E-state index contributed by atoms with van der Waals surface area (Å²) in [6, 6.07) is 106.